The molecule has 0 amide bonds. The number of ether oxygens (including phenoxy) is 1. The van der Waals surface area contributed by atoms with Gasteiger partial charge in [-0.25, -0.2) is 0 Å². The topological polar surface area (TPSA) is 26.3 Å². The Balaban J connectivity index is 2.09. The fourth-order valence-corrected chi connectivity index (χ4v) is 5.21. The van der Waals surface area contributed by atoms with Crippen molar-refractivity contribution in [3.63, 3.8) is 0 Å². The lowest BCUT2D eigenvalue weighted by Crippen LogP contribution is -2.32. The van der Waals surface area contributed by atoms with E-state index in [1.807, 2.05) is 30.0 Å². The molecule has 0 spiro atoms. The predicted octanol–water partition coefficient (Wildman–Crippen LogP) is 3.81. The molecule has 0 saturated carbocycles. The number of hydrogen-bond acceptors (Lipinski definition) is 4. The molecule has 19 heavy (non-hydrogen) atoms. The van der Waals surface area contributed by atoms with Crippen LogP contribution in [0.5, 0.6) is 5.75 Å². The van der Waals surface area contributed by atoms with Gasteiger partial charge in [-0.15, -0.1) is 11.8 Å². The maximum atomic E-state index is 12.4. The van der Waals surface area contributed by atoms with Crippen molar-refractivity contribution in [2.45, 2.75) is 23.8 Å². The Labute approximate surface area is 131 Å². The molecule has 2 atom stereocenters. The third-order valence-corrected chi connectivity index (χ3v) is 7.03. The fraction of sp³-hybridized carbons (Fsp3) is 0.500. The molecule has 0 radical (unpaired) electrons. The van der Waals surface area contributed by atoms with Crippen LogP contribution in [0.2, 0.25) is 0 Å². The average Bonchev–Trinajstić information content (AvgIpc) is 2.41. The van der Waals surface area contributed by atoms with Crippen molar-refractivity contribution in [3.05, 3.63) is 28.2 Å². The number of carbonyl (C=O) groups is 1. The summed E-state index contributed by atoms with van der Waals surface area (Å²) >= 11 is 7.20. The molecule has 0 aliphatic carbocycles. The zero-order chi connectivity index (χ0) is 13.8. The van der Waals surface area contributed by atoms with Gasteiger partial charge >= 0.3 is 0 Å². The Morgan fingerprint density at radius 1 is 1.42 bits per heavy atom. The Morgan fingerprint density at radius 3 is 2.84 bits per heavy atom. The van der Waals surface area contributed by atoms with Gasteiger partial charge < -0.3 is 4.74 Å². The third-order valence-electron chi connectivity index (χ3n) is 3.12. The summed E-state index contributed by atoms with van der Waals surface area (Å²) in [6.45, 7) is 2.15. The lowest BCUT2D eigenvalue weighted by atomic mass is 10.1. The van der Waals surface area contributed by atoms with Crippen molar-refractivity contribution >= 4 is 45.2 Å². The Morgan fingerprint density at radius 2 is 2.16 bits per heavy atom. The largest absolute Gasteiger partial charge is 0.497 e. The van der Waals surface area contributed by atoms with Crippen molar-refractivity contribution in [3.8, 4) is 5.75 Å². The first-order valence-electron chi connectivity index (χ1n) is 6.20. The zero-order valence-electron chi connectivity index (χ0n) is 11.0. The molecule has 0 bridgehead atoms. The maximum Gasteiger partial charge on any atom is 0.151 e. The summed E-state index contributed by atoms with van der Waals surface area (Å²) in [6, 6.07) is 5.77. The molecule has 1 aliphatic heterocycles. The van der Waals surface area contributed by atoms with E-state index in [0.29, 0.717) is 17.5 Å². The smallest absolute Gasteiger partial charge is 0.151 e. The average molecular weight is 361 g/mol. The molecular weight excluding hydrogens is 344 g/mol. The summed E-state index contributed by atoms with van der Waals surface area (Å²) in [5.41, 5.74) is 1.01. The van der Waals surface area contributed by atoms with Crippen molar-refractivity contribution in [2.75, 3.05) is 18.6 Å². The van der Waals surface area contributed by atoms with Gasteiger partial charge in [0.15, 0.2) is 5.78 Å². The minimum Gasteiger partial charge on any atom is -0.497 e. The summed E-state index contributed by atoms with van der Waals surface area (Å²) < 4.78 is 6.19. The van der Waals surface area contributed by atoms with E-state index in [1.54, 1.807) is 18.9 Å². The van der Waals surface area contributed by atoms with Crippen LogP contribution in [-0.4, -0.2) is 34.9 Å². The fourth-order valence-electron chi connectivity index (χ4n) is 2.09. The van der Waals surface area contributed by atoms with Crippen LogP contribution < -0.4 is 4.74 Å². The van der Waals surface area contributed by atoms with Crippen LogP contribution in [-0.2, 0) is 11.2 Å². The number of ketones is 1. The molecule has 1 fully saturated rings. The highest BCUT2D eigenvalue weighted by atomic mass is 79.9. The van der Waals surface area contributed by atoms with E-state index < -0.39 is 0 Å². The van der Waals surface area contributed by atoms with E-state index >= 15 is 0 Å². The number of methoxy groups -OCH3 is 1. The SMILES string of the molecule is COc1ccc(Br)c(CC(=O)C2SCCSC2C)c1. The first kappa shape index (κ1) is 15.3. The first-order valence-corrected chi connectivity index (χ1v) is 9.09. The van der Waals surface area contributed by atoms with E-state index in [4.69, 9.17) is 4.74 Å². The van der Waals surface area contributed by atoms with Gasteiger partial charge in [0.05, 0.1) is 12.4 Å². The van der Waals surface area contributed by atoms with Crippen LogP contribution in [0, 0.1) is 0 Å². The summed E-state index contributed by atoms with van der Waals surface area (Å²) in [5.74, 6) is 3.34. The van der Waals surface area contributed by atoms with Gasteiger partial charge in [-0.2, -0.15) is 11.8 Å². The second kappa shape index (κ2) is 7.04. The highest BCUT2D eigenvalue weighted by Gasteiger charge is 2.29. The van der Waals surface area contributed by atoms with Gasteiger partial charge in [0, 0.05) is 27.6 Å². The van der Waals surface area contributed by atoms with Gasteiger partial charge in [0.1, 0.15) is 5.75 Å². The van der Waals surface area contributed by atoms with E-state index in [-0.39, 0.29) is 5.25 Å². The number of rotatable bonds is 4. The van der Waals surface area contributed by atoms with Gasteiger partial charge in [-0.3, -0.25) is 4.79 Å². The van der Waals surface area contributed by atoms with Gasteiger partial charge in [0.2, 0.25) is 0 Å². The lowest BCUT2D eigenvalue weighted by molar-refractivity contribution is -0.117. The van der Waals surface area contributed by atoms with Crippen molar-refractivity contribution in [2.24, 2.45) is 0 Å². The molecule has 1 aromatic carbocycles. The number of hydrogen-bond donors (Lipinski definition) is 0. The molecule has 0 aromatic heterocycles. The van der Waals surface area contributed by atoms with Gasteiger partial charge in [0.25, 0.3) is 0 Å². The highest BCUT2D eigenvalue weighted by molar-refractivity contribution is 9.10. The standard InChI is InChI=1S/C14H17BrO2S2/c1-9-14(19-6-5-18-9)13(16)8-10-7-11(17-2)3-4-12(10)15/h3-4,7,9,14H,5-6,8H2,1-2H3. The Hall–Kier alpha value is -0.130. The number of benzene rings is 1. The van der Waals surface area contributed by atoms with Gasteiger partial charge in [-0.1, -0.05) is 22.9 Å². The predicted molar refractivity (Wildman–Crippen MR) is 87.6 cm³/mol. The van der Waals surface area contributed by atoms with E-state index in [2.05, 4.69) is 22.9 Å². The molecule has 1 aromatic rings. The van der Waals surface area contributed by atoms with Crippen LogP contribution in [0.15, 0.2) is 22.7 Å². The third kappa shape index (κ3) is 3.92. The number of carbonyl (C=O) groups excluding carboxylic acids is 1. The van der Waals surface area contributed by atoms with Crippen LogP contribution in [0.1, 0.15) is 12.5 Å². The van der Waals surface area contributed by atoms with Crippen LogP contribution in [0.3, 0.4) is 0 Å². The molecule has 1 aliphatic rings. The molecule has 2 rings (SSSR count). The van der Waals surface area contributed by atoms with E-state index in [9.17, 15) is 4.79 Å². The van der Waals surface area contributed by atoms with Crippen molar-refractivity contribution in [1.82, 2.24) is 0 Å². The highest BCUT2D eigenvalue weighted by Crippen LogP contribution is 2.33. The molecule has 2 unspecified atom stereocenters. The Kier molecular flexibility index (Phi) is 5.66. The summed E-state index contributed by atoms with van der Waals surface area (Å²) in [5, 5.41) is 0.535. The van der Waals surface area contributed by atoms with Crippen molar-refractivity contribution < 1.29 is 9.53 Å². The quantitative estimate of drug-likeness (QED) is 0.815. The normalized spacial score (nSPS) is 23.1. The maximum absolute atomic E-state index is 12.4. The second-order valence-electron chi connectivity index (χ2n) is 4.47. The first-order chi connectivity index (χ1) is 9.11. The lowest BCUT2D eigenvalue weighted by Gasteiger charge is -2.26. The molecule has 5 heteroatoms. The molecule has 104 valence electrons. The summed E-state index contributed by atoms with van der Waals surface area (Å²) in [6.07, 6.45) is 0.473. The molecule has 0 N–H and O–H groups in total. The minimum atomic E-state index is 0.122. The second-order valence-corrected chi connectivity index (χ2v) is 8.06. The Bertz CT molecular complexity index is 465. The van der Waals surface area contributed by atoms with Crippen LogP contribution in [0.4, 0.5) is 0 Å². The minimum absolute atomic E-state index is 0.122. The zero-order valence-corrected chi connectivity index (χ0v) is 14.2. The molecular formula is C14H17BrO2S2. The summed E-state index contributed by atoms with van der Waals surface area (Å²) in [7, 11) is 1.64. The molecule has 2 nitrogen and oxygen atoms in total. The van der Waals surface area contributed by atoms with E-state index in [1.165, 1.54) is 0 Å². The number of halogens is 1. The molecule has 1 heterocycles. The monoisotopic (exact) mass is 360 g/mol. The van der Waals surface area contributed by atoms with Gasteiger partial charge in [-0.05, 0) is 23.8 Å². The number of thioether (sulfide) groups is 2. The molecule has 1 saturated heterocycles. The number of Topliss-reactive ketones (excluding diaryl/α,β-unsaturated/α-hetero) is 1. The van der Waals surface area contributed by atoms with Crippen LogP contribution in [0.25, 0.3) is 0 Å². The van der Waals surface area contributed by atoms with Crippen molar-refractivity contribution in [1.29, 1.82) is 0 Å². The van der Waals surface area contributed by atoms with Crippen LogP contribution >= 0.6 is 39.5 Å². The summed E-state index contributed by atoms with van der Waals surface area (Å²) in [4.78, 5) is 12.4. The van der Waals surface area contributed by atoms with E-state index in [0.717, 1.165) is 27.3 Å².